The number of nitrogens with zero attached hydrogens (tertiary/aromatic N) is 4. The van der Waals surface area contributed by atoms with Crippen LogP contribution >= 0.6 is 11.8 Å². The summed E-state index contributed by atoms with van der Waals surface area (Å²) in [5.41, 5.74) is -1.32. The fourth-order valence-electron chi connectivity index (χ4n) is 2.89. The molecule has 0 radical (unpaired) electrons. The third-order valence-electron chi connectivity index (χ3n) is 4.16. The summed E-state index contributed by atoms with van der Waals surface area (Å²) in [6, 6.07) is 10.6. The van der Waals surface area contributed by atoms with Crippen molar-refractivity contribution in [3.8, 4) is 11.3 Å². The van der Waals surface area contributed by atoms with Gasteiger partial charge in [-0.05, 0) is 31.2 Å². The van der Waals surface area contributed by atoms with Gasteiger partial charge >= 0.3 is 5.51 Å². The number of fused-ring (bicyclic) bond motifs is 1. The van der Waals surface area contributed by atoms with E-state index in [4.69, 9.17) is 0 Å². The van der Waals surface area contributed by atoms with E-state index in [1.807, 2.05) is 39.0 Å². The highest BCUT2D eigenvalue weighted by molar-refractivity contribution is 8.00. The first-order valence-electron chi connectivity index (χ1n) is 8.57. The fraction of sp³-hybridized carbons (Fsp3) is 0.316. The van der Waals surface area contributed by atoms with Gasteiger partial charge in [0.25, 0.3) is 0 Å². The maximum absolute atomic E-state index is 12.7. The molecule has 0 aliphatic carbocycles. The molecule has 0 fully saturated rings. The summed E-state index contributed by atoms with van der Waals surface area (Å²) in [5.74, 6) is -0.264. The molecule has 3 aromatic rings. The maximum Gasteiger partial charge on any atom is 0.449 e. The molecule has 148 valence electrons. The highest BCUT2D eigenvalue weighted by Crippen LogP contribution is 2.36. The molecule has 0 unspecified atom stereocenters. The van der Waals surface area contributed by atoms with Crippen LogP contribution in [-0.4, -0.2) is 33.1 Å². The molecule has 0 aliphatic rings. The van der Waals surface area contributed by atoms with Gasteiger partial charge in [-0.15, -0.1) is 5.10 Å². The van der Waals surface area contributed by atoms with E-state index in [0.717, 1.165) is 5.56 Å². The van der Waals surface area contributed by atoms with E-state index in [-0.39, 0.29) is 28.7 Å². The average Bonchev–Trinajstić information content (AvgIpc) is 3.00. The van der Waals surface area contributed by atoms with Crippen LogP contribution < -0.4 is 4.90 Å². The fourth-order valence-corrected chi connectivity index (χ4v) is 3.36. The molecule has 3 rings (SSSR count). The van der Waals surface area contributed by atoms with Crippen LogP contribution in [0.1, 0.15) is 19.4 Å². The predicted molar refractivity (Wildman–Crippen MR) is 103 cm³/mol. The number of hydrogen-bond donors (Lipinski definition) is 0. The van der Waals surface area contributed by atoms with Crippen LogP contribution in [0.4, 0.5) is 18.9 Å². The van der Waals surface area contributed by atoms with Crippen molar-refractivity contribution in [1.29, 1.82) is 0 Å². The van der Waals surface area contributed by atoms with Crippen molar-refractivity contribution >= 4 is 29.0 Å². The Kier molecular flexibility index (Phi) is 5.38. The molecule has 28 heavy (non-hydrogen) atoms. The van der Waals surface area contributed by atoms with Crippen molar-refractivity contribution < 1.29 is 18.0 Å². The first-order chi connectivity index (χ1) is 13.1. The lowest BCUT2D eigenvalue weighted by Gasteiger charge is -2.23. The number of benzene rings is 1. The Hall–Kier alpha value is -2.55. The van der Waals surface area contributed by atoms with Crippen molar-refractivity contribution in [1.82, 2.24) is 14.6 Å². The molecule has 5 nitrogen and oxygen atoms in total. The number of aromatic nitrogens is 3. The van der Waals surface area contributed by atoms with Gasteiger partial charge in [-0.2, -0.15) is 13.2 Å². The third kappa shape index (κ3) is 4.14. The van der Waals surface area contributed by atoms with E-state index in [1.54, 1.807) is 30.1 Å². The van der Waals surface area contributed by atoms with Crippen molar-refractivity contribution in [2.24, 2.45) is 5.92 Å². The zero-order valence-electron chi connectivity index (χ0n) is 15.8. The summed E-state index contributed by atoms with van der Waals surface area (Å²) >= 11 is -0.355. The molecule has 0 aliphatic heterocycles. The highest BCUT2D eigenvalue weighted by Gasteiger charge is 2.32. The second-order valence-electron chi connectivity index (χ2n) is 6.70. The predicted octanol–water partition coefficient (Wildman–Crippen LogP) is 4.94. The summed E-state index contributed by atoms with van der Waals surface area (Å²) in [5, 5.41) is 3.66. The van der Waals surface area contributed by atoms with Gasteiger partial charge in [0.15, 0.2) is 5.65 Å². The lowest BCUT2D eigenvalue weighted by Crippen LogP contribution is -2.30. The number of amides is 1. The first-order valence-corrected chi connectivity index (χ1v) is 9.38. The molecule has 0 bridgehead atoms. The first kappa shape index (κ1) is 20.2. The number of aryl methyl sites for hydroxylation is 1. The molecule has 0 atom stereocenters. The Labute approximate surface area is 164 Å². The number of pyridine rings is 1. The molecular weight excluding hydrogens is 389 g/mol. The van der Waals surface area contributed by atoms with Crippen molar-refractivity contribution in [2.75, 3.05) is 11.9 Å². The number of hydrogen-bond acceptors (Lipinski definition) is 4. The van der Waals surface area contributed by atoms with Gasteiger partial charge in [-0.25, -0.2) is 9.50 Å². The standard InChI is InChI=1S/C19H19F3N4OS/c1-11(2)17(27)25(4)14-9-8-12(3)10-13(14)15-6-5-7-16-23-18(24-26(15)16)28-19(20,21)22/h5-11H,1-4H3. The largest absolute Gasteiger partial charge is 0.449 e. The Morgan fingerprint density at radius 1 is 1.21 bits per heavy atom. The highest BCUT2D eigenvalue weighted by atomic mass is 32.2. The monoisotopic (exact) mass is 408 g/mol. The van der Waals surface area contributed by atoms with Crippen molar-refractivity contribution in [3.63, 3.8) is 0 Å². The number of alkyl halides is 3. The molecule has 9 heteroatoms. The minimum absolute atomic E-state index is 0.0656. The summed E-state index contributed by atoms with van der Waals surface area (Å²) in [6.07, 6.45) is 0. The lowest BCUT2D eigenvalue weighted by atomic mass is 10.0. The second-order valence-corrected chi connectivity index (χ2v) is 7.73. The Morgan fingerprint density at radius 2 is 1.93 bits per heavy atom. The van der Waals surface area contributed by atoms with E-state index in [2.05, 4.69) is 10.1 Å². The second kappa shape index (κ2) is 7.46. The van der Waals surface area contributed by atoms with Crippen LogP contribution in [0, 0.1) is 12.8 Å². The van der Waals surface area contributed by atoms with Gasteiger partial charge < -0.3 is 4.90 Å². The Morgan fingerprint density at radius 3 is 2.57 bits per heavy atom. The zero-order valence-corrected chi connectivity index (χ0v) is 16.6. The van der Waals surface area contributed by atoms with Gasteiger partial charge in [0, 0.05) is 30.3 Å². The normalized spacial score (nSPS) is 12.0. The lowest BCUT2D eigenvalue weighted by molar-refractivity contribution is -0.121. The SMILES string of the molecule is Cc1ccc(N(C)C(=O)C(C)C)c(-c2cccc3nc(SC(F)(F)F)nn23)c1. The van der Waals surface area contributed by atoms with E-state index in [9.17, 15) is 18.0 Å². The van der Waals surface area contributed by atoms with Crippen LogP contribution in [-0.2, 0) is 4.79 Å². The van der Waals surface area contributed by atoms with Gasteiger partial charge in [-0.1, -0.05) is 31.5 Å². The average molecular weight is 408 g/mol. The van der Waals surface area contributed by atoms with Crippen LogP contribution in [0.25, 0.3) is 16.9 Å². The minimum atomic E-state index is -4.47. The van der Waals surface area contributed by atoms with Gasteiger partial charge in [0.1, 0.15) is 0 Å². The number of anilines is 1. The molecule has 2 heterocycles. The zero-order chi connectivity index (χ0) is 20.6. The summed E-state index contributed by atoms with van der Waals surface area (Å²) in [4.78, 5) is 18.0. The van der Waals surface area contributed by atoms with Crippen molar-refractivity contribution in [3.05, 3.63) is 42.0 Å². The van der Waals surface area contributed by atoms with Gasteiger partial charge in [0.05, 0.1) is 11.4 Å². The van der Waals surface area contributed by atoms with E-state index < -0.39 is 5.51 Å². The molecule has 1 aromatic carbocycles. The van der Waals surface area contributed by atoms with Gasteiger partial charge in [0.2, 0.25) is 11.1 Å². The van der Waals surface area contributed by atoms with E-state index >= 15 is 0 Å². The molecule has 0 saturated carbocycles. The number of halogens is 3. The van der Waals surface area contributed by atoms with Crippen LogP contribution in [0.3, 0.4) is 0 Å². The van der Waals surface area contributed by atoms with Crippen LogP contribution in [0.15, 0.2) is 41.6 Å². The number of carbonyl (C=O) groups is 1. The Balaban J connectivity index is 2.17. The third-order valence-corrected chi connectivity index (χ3v) is 4.75. The number of rotatable bonds is 4. The molecule has 2 aromatic heterocycles. The summed E-state index contributed by atoms with van der Waals surface area (Å²) in [6.45, 7) is 5.53. The van der Waals surface area contributed by atoms with Gasteiger partial charge in [-0.3, -0.25) is 4.79 Å². The maximum atomic E-state index is 12.7. The number of thioether (sulfide) groups is 1. The molecule has 1 amide bonds. The molecule has 0 saturated heterocycles. The topological polar surface area (TPSA) is 50.5 Å². The minimum Gasteiger partial charge on any atom is -0.315 e. The van der Waals surface area contributed by atoms with Crippen LogP contribution in [0.5, 0.6) is 0 Å². The smallest absolute Gasteiger partial charge is 0.315 e. The summed E-state index contributed by atoms with van der Waals surface area (Å²) in [7, 11) is 1.68. The quantitative estimate of drug-likeness (QED) is 0.574. The molecule has 0 N–H and O–H groups in total. The molecule has 0 spiro atoms. The summed E-state index contributed by atoms with van der Waals surface area (Å²) < 4.78 is 39.5. The number of carbonyl (C=O) groups excluding carboxylic acids is 1. The molecular formula is C19H19F3N4OS. The van der Waals surface area contributed by atoms with E-state index in [0.29, 0.717) is 22.6 Å². The van der Waals surface area contributed by atoms with Crippen molar-refractivity contribution in [2.45, 2.75) is 31.4 Å². The van der Waals surface area contributed by atoms with E-state index in [1.165, 1.54) is 4.52 Å². The Bertz CT molecular complexity index is 1030. The van der Waals surface area contributed by atoms with Crippen LogP contribution in [0.2, 0.25) is 0 Å².